The summed E-state index contributed by atoms with van der Waals surface area (Å²) in [6, 6.07) is 0. The lowest BCUT2D eigenvalue weighted by Crippen LogP contribution is -2.12. The fourth-order valence-electron chi connectivity index (χ4n) is 1.73. The van der Waals surface area contributed by atoms with Crippen LogP contribution in [0.25, 0.3) is 0 Å². The molecule has 2 rings (SSSR count). The number of carbonyl (C=O) groups excluding carboxylic acids is 1. The van der Waals surface area contributed by atoms with Crippen LogP contribution in [0.15, 0.2) is 10.7 Å². The van der Waals surface area contributed by atoms with Crippen molar-refractivity contribution in [2.24, 2.45) is 5.92 Å². The third-order valence-corrected chi connectivity index (χ3v) is 4.31. The monoisotopic (exact) mass is 228 g/mol. The van der Waals surface area contributed by atoms with Crippen LogP contribution in [0, 0.1) is 5.92 Å². The molecule has 0 atom stereocenters. The summed E-state index contributed by atoms with van der Waals surface area (Å²) in [6.07, 6.45) is 6.16. The van der Waals surface area contributed by atoms with Gasteiger partial charge in [0.1, 0.15) is 12.1 Å². The molecule has 0 aliphatic heterocycles. The van der Waals surface area contributed by atoms with Crippen molar-refractivity contribution in [1.29, 1.82) is 0 Å². The van der Waals surface area contributed by atoms with Crippen LogP contribution in [0.1, 0.15) is 25.7 Å². The van der Waals surface area contributed by atoms with Gasteiger partial charge in [0, 0.05) is 5.92 Å². The minimum absolute atomic E-state index is 0.329. The van der Waals surface area contributed by atoms with Gasteiger partial charge in [-0.3, -0.25) is 4.79 Å². The van der Waals surface area contributed by atoms with E-state index in [2.05, 4.69) is 9.36 Å². The molecule has 0 spiro atoms. The Morgan fingerprint density at radius 2 is 2.36 bits per heavy atom. The van der Waals surface area contributed by atoms with Gasteiger partial charge in [0.15, 0.2) is 4.34 Å². The number of Topliss-reactive ketones (excluding diaryl/α,β-unsaturated/α-hetero) is 1. The van der Waals surface area contributed by atoms with Gasteiger partial charge in [0.2, 0.25) is 0 Å². The topological polar surface area (TPSA) is 42.9 Å². The highest BCUT2D eigenvalue weighted by Crippen LogP contribution is 2.28. The smallest absolute Gasteiger partial charge is 0.170 e. The van der Waals surface area contributed by atoms with Crippen LogP contribution in [-0.4, -0.2) is 20.9 Å². The number of ketones is 1. The van der Waals surface area contributed by atoms with E-state index >= 15 is 0 Å². The van der Waals surface area contributed by atoms with E-state index < -0.39 is 0 Å². The Morgan fingerprint density at radius 3 is 3.00 bits per heavy atom. The van der Waals surface area contributed by atoms with E-state index in [1.165, 1.54) is 42.5 Å². The molecule has 3 nitrogen and oxygen atoms in total. The lowest BCUT2D eigenvalue weighted by molar-refractivity contribution is -0.120. The molecule has 1 aromatic rings. The third kappa shape index (κ3) is 2.54. The second-order valence-electron chi connectivity index (χ2n) is 3.44. The lowest BCUT2D eigenvalue weighted by Gasteiger charge is -2.05. The van der Waals surface area contributed by atoms with Crippen molar-refractivity contribution in [3.05, 3.63) is 6.33 Å². The molecule has 14 heavy (non-hydrogen) atoms. The predicted molar refractivity (Wildman–Crippen MR) is 57.6 cm³/mol. The summed E-state index contributed by atoms with van der Waals surface area (Å²) < 4.78 is 4.80. The Kier molecular flexibility index (Phi) is 3.53. The zero-order valence-electron chi connectivity index (χ0n) is 7.81. The summed E-state index contributed by atoms with van der Waals surface area (Å²) in [5.41, 5.74) is 0. The summed E-state index contributed by atoms with van der Waals surface area (Å²) in [6.45, 7) is 0. The maximum absolute atomic E-state index is 11.7. The molecule has 0 amide bonds. The molecule has 1 saturated carbocycles. The van der Waals surface area contributed by atoms with Gasteiger partial charge in [-0.1, -0.05) is 24.6 Å². The van der Waals surface area contributed by atoms with Gasteiger partial charge >= 0.3 is 0 Å². The first kappa shape index (κ1) is 10.1. The van der Waals surface area contributed by atoms with Gasteiger partial charge in [-0.25, -0.2) is 4.98 Å². The van der Waals surface area contributed by atoms with E-state index in [0.717, 1.165) is 17.2 Å². The molecule has 1 fully saturated rings. The standard InChI is InChI=1S/C9H12N2OS2/c12-8(7-3-1-2-4-7)5-13-9-10-6-11-14-9/h6-7H,1-5H2. The molecule has 0 unspecified atom stereocenters. The molecular weight excluding hydrogens is 216 g/mol. The van der Waals surface area contributed by atoms with Gasteiger partial charge in [-0.05, 0) is 24.4 Å². The average molecular weight is 228 g/mol. The van der Waals surface area contributed by atoms with E-state index in [4.69, 9.17) is 0 Å². The maximum Gasteiger partial charge on any atom is 0.170 e. The number of hydrogen-bond donors (Lipinski definition) is 0. The Balaban J connectivity index is 1.77. The molecule has 5 heteroatoms. The van der Waals surface area contributed by atoms with Crippen molar-refractivity contribution in [2.75, 3.05) is 5.75 Å². The highest BCUT2D eigenvalue weighted by atomic mass is 32.2. The van der Waals surface area contributed by atoms with Crippen LogP contribution in [0.4, 0.5) is 0 Å². The molecule has 1 aromatic heterocycles. The molecule has 0 radical (unpaired) electrons. The number of rotatable bonds is 4. The molecule has 1 aliphatic carbocycles. The average Bonchev–Trinajstić information content (AvgIpc) is 2.87. The molecule has 0 bridgehead atoms. The summed E-state index contributed by atoms with van der Waals surface area (Å²) in [4.78, 5) is 15.7. The molecular formula is C9H12N2OS2. The maximum atomic E-state index is 11.7. The van der Waals surface area contributed by atoms with Crippen LogP contribution < -0.4 is 0 Å². The molecule has 0 N–H and O–H groups in total. The third-order valence-electron chi connectivity index (χ3n) is 2.49. The summed E-state index contributed by atoms with van der Waals surface area (Å²) in [5, 5.41) is 0. The van der Waals surface area contributed by atoms with Crippen molar-refractivity contribution in [1.82, 2.24) is 9.36 Å². The van der Waals surface area contributed by atoms with Gasteiger partial charge in [-0.2, -0.15) is 4.37 Å². The highest BCUT2D eigenvalue weighted by molar-refractivity contribution is 8.01. The quantitative estimate of drug-likeness (QED) is 0.742. The Bertz CT molecular complexity index is 294. The first-order valence-corrected chi connectivity index (χ1v) is 6.54. The van der Waals surface area contributed by atoms with Gasteiger partial charge in [0.25, 0.3) is 0 Å². The minimum Gasteiger partial charge on any atom is -0.298 e. The second-order valence-corrected chi connectivity index (χ2v) is 5.45. The predicted octanol–water partition coefficient (Wildman–Crippen LogP) is 2.39. The molecule has 0 saturated heterocycles. The number of thioether (sulfide) groups is 1. The fourth-order valence-corrected chi connectivity index (χ4v) is 3.14. The minimum atomic E-state index is 0.329. The Morgan fingerprint density at radius 1 is 1.57 bits per heavy atom. The van der Waals surface area contributed by atoms with Crippen molar-refractivity contribution in [3.63, 3.8) is 0 Å². The SMILES string of the molecule is O=C(CSc1ncns1)C1CCCC1. The molecule has 0 aromatic carbocycles. The van der Waals surface area contributed by atoms with E-state index in [1.807, 2.05) is 0 Å². The van der Waals surface area contributed by atoms with Gasteiger partial charge < -0.3 is 0 Å². The largest absolute Gasteiger partial charge is 0.298 e. The van der Waals surface area contributed by atoms with Gasteiger partial charge in [0.05, 0.1) is 5.75 Å². The first-order chi connectivity index (χ1) is 6.86. The summed E-state index contributed by atoms with van der Waals surface area (Å²) in [7, 11) is 0. The normalized spacial score (nSPS) is 17.4. The van der Waals surface area contributed by atoms with Crippen molar-refractivity contribution < 1.29 is 4.79 Å². The van der Waals surface area contributed by atoms with Crippen molar-refractivity contribution >= 4 is 29.1 Å². The fraction of sp³-hybridized carbons (Fsp3) is 0.667. The van der Waals surface area contributed by atoms with E-state index in [-0.39, 0.29) is 0 Å². The van der Waals surface area contributed by atoms with Crippen LogP contribution >= 0.6 is 23.3 Å². The van der Waals surface area contributed by atoms with E-state index in [9.17, 15) is 4.79 Å². The molecule has 1 aliphatic rings. The van der Waals surface area contributed by atoms with E-state index in [1.54, 1.807) is 0 Å². The number of nitrogens with zero attached hydrogens (tertiary/aromatic N) is 2. The number of carbonyl (C=O) groups is 1. The van der Waals surface area contributed by atoms with Crippen molar-refractivity contribution in [3.8, 4) is 0 Å². The number of aromatic nitrogens is 2. The Labute approximate surface area is 91.5 Å². The molecule has 76 valence electrons. The summed E-state index contributed by atoms with van der Waals surface area (Å²) in [5.74, 6) is 1.29. The van der Waals surface area contributed by atoms with Crippen LogP contribution in [0.5, 0.6) is 0 Å². The van der Waals surface area contributed by atoms with Crippen LogP contribution in [0.3, 0.4) is 0 Å². The van der Waals surface area contributed by atoms with E-state index in [0.29, 0.717) is 17.5 Å². The zero-order valence-corrected chi connectivity index (χ0v) is 9.44. The van der Waals surface area contributed by atoms with Crippen LogP contribution in [-0.2, 0) is 4.79 Å². The summed E-state index contributed by atoms with van der Waals surface area (Å²) >= 11 is 2.87. The first-order valence-electron chi connectivity index (χ1n) is 4.78. The highest BCUT2D eigenvalue weighted by Gasteiger charge is 2.22. The second kappa shape index (κ2) is 4.89. The van der Waals surface area contributed by atoms with Crippen LogP contribution in [0.2, 0.25) is 0 Å². The van der Waals surface area contributed by atoms with Crippen molar-refractivity contribution in [2.45, 2.75) is 30.0 Å². The van der Waals surface area contributed by atoms with Gasteiger partial charge in [-0.15, -0.1) is 0 Å². The Hall–Kier alpha value is -0.420. The zero-order chi connectivity index (χ0) is 9.80. The lowest BCUT2D eigenvalue weighted by atomic mass is 10.0. The molecule has 1 heterocycles. The number of hydrogen-bond acceptors (Lipinski definition) is 5.